The average molecular weight is 993 g/mol. The summed E-state index contributed by atoms with van der Waals surface area (Å²) in [5.74, 6) is -0.0617. The standard InChI is InChI=1S/C67H125NO3/c1-3-5-7-9-11-13-15-17-19-21-23-25-27-29-31-32-33-34-35-37-38-40-42-44-46-48-50-52-54-56-58-60-62-66(70)65(64-69)68-67(71)63-61-59-57-55-53-51-49-47-45-43-41-39-36-30-28-26-24-22-20-18-16-14-12-10-8-6-4-2/h6,8,12,14,18,20,24,26,60,62,65-66,69-70H,3-5,7,9-11,13,15-17,19,21-23,25,27-59,61,63-64H2,1-2H3,(H,68,71)/b8-6-,14-12-,20-18-,26-24-,62-60+. The van der Waals surface area contributed by atoms with Crippen LogP contribution in [0.25, 0.3) is 0 Å². The molecule has 2 unspecified atom stereocenters. The minimum atomic E-state index is -0.843. The van der Waals surface area contributed by atoms with E-state index in [9.17, 15) is 15.0 Å². The summed E-state index contributed by atoms with van der Waals surface area (Å²) >= 11 is 0. The molecule has 0 heterocycles. The molecule has 0 radical (unpaired) electrons. The zero-order valence-electron chi connectivity index (χ0n) is 48.0. The Balaban J connectivity index is 3.45. The molecule has 0 saturated carbocycles. The van der Waals surface area contributed by atoms with Gasteiger partial charge in [-0.25, -0.2) is 0 Å². The second-order valence-electron chi connectivity index (χ2n) is 21.8. The van der Waals surface area contributed by atoms with Crippen LogP contribution in [0.5, 0.6) is 0 Å². The van der Waals surface area contributed by atoms with Crippen molar-refractivity contribution in [1.82, 2.24) is 5.32 Å². The molecule has 0 aliphatic carbocycles. The van der Waals surface area contributed by atoms with Crippen molar-refractivity contribution < 1.29 is 15.0 Å². The van der Waals surface area contributed by atoms with E-state index in [1.165, 1.54) is 270 Å². The summed E-state index contributed by atoms with van der Waals surface area (Å²) < 4.78 is 0. The molecule has 4 heteroatoms. The number of aliphatic hydroxyl groups is 2. The van der Waals surface area contributed by atoms with Crippen molar-refractivity contribution in [2.45, 2.75) is 353 Å². The van der Waals surface area contributed by atoms with Crippen molar-refractivity contribution in [3.05, 3.63) is 60.8 Å². The first-order valence-electron chi connectivity index (χ1n) is 32.0. The monoisotopic (exact) mass is 992 g/mol. The molecule has 0 aliphatic heterocycles. The fourth-order valence-electron chi connectivity index (χ4n) is 9.94. The van der Waals surface area contributed by atoms with Crippen LogP contribution in [0.3, 0.4) is 0 Å². The molecule has 0 aromatic carbocycles. The van der Waals surface area contributed by atoms with Gasteiger partial charge in [-0.3, -0.25) is 4.79 Å². The smallest absolute Gasteiger partial charge is 0.220 e. The van der Waals surface area contributed by atoms with Gasteiger partial charge in [0.15, 0.2) is 0 Å². The molecule has 0 fully saturated rings. The number of rotatable bonds is 59. The molecular weight excluding hydrogens is 867 g/mol. The molecule has 0 rings (SSSR count). The van der Waals surface area contributed by atoms with E-state index in [4.69, 9.17) is 0 Å². The van der Waals surface area contributed by atoms with Crippen LogP contribution in [-0.4, -0.2) is 34.9 Å². The van der Waals surface area contributed by atoms with Gasteiger partial charge in [0.2, 0.25) is 5.91 Å². The lowest BCUT2D eigenvalue weighted by Crippen LogP contribution is -2.45. The Morgan fingerprint density at radius 2 is 0.620 bits per heavy atom. The Bertz CT molecular complexity index is 1170. The highest BCUT2D eigenvalue weighted by Crippen LogP contribution is 2.18. The van der Waals surface area contributed by atoms with E-state index in [0.717, 1.165) is 51.4 Å². The van der Waals surface area contributed by atoms with Gasteiger partial charge in [-0.05, 0) is 57.8 Å². The predicted molar refractivity (Wildman–Crippen MR) is 318 cm³/mol. The van der Waals surface area contributed by atoms with E-state index in [0.29, 0.717) is 6.42 Å². The molecule has 0 spiro atoms. The van der Waals surface area contributed by atoms with E-state index < -0.39 is 12.1 Å². The summed E-state index contributed by atoms with van der Waals surface area (Å²) in [5, 5.41) is 23.3. The molecule has 4 nitrogen and oxygen atoms in total. The quantitative estimate of drug-likeness (QED) is 0.0420. The lowest BCUT2D eigenvalue weighted by molar-refractivity contribution is -0.123. The minimum Gasteiger partial charge on any atom is -0.394 e. The van der Waals surface area contributed by atoms with Gasteiger partial charge in [-0.15, -0.1) is 0 Å². The first-order valence-corrected chi connectivity index (χ1v) is 32.0. The van der Waals surface area contributed by atoms with Crippen LogP contribution in [0.4, 0.5) is 0 Å². The van der Waals surface area contributed by atoms with Crippen LogP contribution < -0.4 is 5.32 Å². The van der Waals surface area contributed by atoms with Crippen LogP contribution in [0, 0.1) is 0 Å². The second-order valence-corrected chi connectivity index (χ2v) is 21.8. The van der Waals surface area contributed by atoms with Gasteiger partial charge in [-0.1, -0.05) is 338 Å². The highest BCUT2D eigenvalue weighted by atomic mass is 16.3. The number of unbranched alkanes of at least 4 members (excludes halogenated alkanes) is 44. The molecule has 3 N–H and O–H groups in total. The van der Waals surface area contributed by atoms with Crippen LogP contribution in [0.1, 0.15) is 341 Å². The highest BCUT2D eigenvalue weighted by molar-refractivity contribution is 5.76. The fourth-order valence-corrected chi connectivity index (χ4v) is 9.94. The number of hydrogen-bond acceptors (Lipinski definition) is 3. The fraction of sp³-hybridized carbons (Fsp3) is 0.836. The Morgan fingerprint density at radius 3 is 0.930 bits per heavy atom. The summed E-state index contributed by atoms with van der Waals surface area (Å²) in [6.07, 6.45) is 88.5. The van der Waals surface area contributed by atoms with Crippen molar-refractivity contribution in [3.63, 3.8) is 0 Å². The number of amides is 1. The van der Waals surface area contributed by atoms with Crippen LogP contribution >= 0.6 is 0 Å². The van der Waals surface area contributed by atoms with Gasteiger partial charge < -0.3 is 15.5 Å². The van der Waals surface area contributed by atoms with Crippen LogP contribution in [0.2, 0.25) is 0 Å². The number of hydrogen-bond donors (Lipinski definition) is 3. The van der Waals surface area contributed by atoms with E-state index in [1.807, 2.05) is 6.08 Å². The van der Waals surface area contributed by atoms with Crippen molar-refractivity contribution >= 4 is 5.91 Å². The Labute approximate surface area is 445 Å². The predicted octanol–water partition coefficient (Wildman–Crippen LogP) is 21.5. The number of nitrogens with one attached hydrogen (secondary N) is 1. The van der Waals surface area contributed by atoms with E-state index in [2.05, 4.69) is 67.8 Å². The molecule has 0 aromatic rings. The van der Waals surface area contributed by atoms with E-state index >= 15 is 0 Å². The normalized spacial score (nSPS) is 13.1. The van der Waals surface area contributed by atoms with E-state index in [-0.39, 0.29) is 12.5 Å². The van der Waals surface area contributed by atoms with Crippen molar-refractivity contribution in [2.24, 2.45) is 0 Å². The third-order valence-corrected chi connectivity index (χ3v) is 14.8. The molecule has 2 atom stereocenters. The highest BCUT2D eigenvalue weighted by Gasteiger charge is 2.18. The first-order chi connectivity index (χ1) is 35.2. The maximum absolute atomic E-state index is 12.5. The molecule has 0 saturated heterocycles. The number of carbonyl (C=O) groups excluding carboxylic acids is 1. The third-order valence-electron chi connectivity index (χ3n) is 14.8. The Kier molecular flexibility index (Phi) is 60.7. The first kappa shape index (κ1) is 69.1. The zero-order chi connectivity index (χ0) is 51.3. The van der Waals surface area contributed by atoms with Gasteiger partial charge in [0.25, 0.3) is 0 Å². The Hall–Kier alpha value is -1.91. The van der Waals surface area contributed by atoms with Gasteiger partial charge in [0, 0.05) is 6.42 Å². The van der Waals surface area contributed by atoms with E-state index in [1.54, 1.807) is 6.08 Å². The summed E-state index contributed by atoms with van der Waals surface area (Å²) in [6, 6.07) is -0.626. The molecule has 0 bridgehead atoms. The second kappa shape index (κ2) is 62.4. The van der Waals surface area contributed by atoms with Crippen molar-refractivity contribution in [3.8, 4) is 0 Å². The van der Waals surface area contributed by atoms with Crippen molar-refractivity contribution in [1.29, 1.82) is 0 Å². The molecular formula is C67H125NO3. The largest absolute Gasteiger partial charge is 0.394 e. The average Bonchev–Trinajstić information content (AvgIpc) is 3.37. The molecule has 71 heavy (non-hydrogen) atoms. The summed E-state index contributed by atoms with van der Waals surface area (Å²) in [6.45, 7) is 4.23. The summed E-state index contributed by atoms with van der Waals surface area (Å²) in [7, 11) is 0. The summed E-state index contributed by atoms with van der Waals surface area (Å²) in [5.41, 5.74) is 0. The number of carbonyl (C=O) groups is 1. The molecule has 0 aliphatic rings. The SMILES string of the molecule is CC/C=C\C/C=C\C/C=C\C/C=C\CCCCCCCCCCCCCCCCC(=O)NC(CO)C(O)/C=C/CCCCCCCCCCCCCCCCCCCCCCCCCCCCCCCC. The maximum atomic E-state index is 12.5. The van der Waals surface area contributed by atoms with Gasteiger partial charge in [0.1, 0.15) is 0 Å². The molecule has 1 amide bonds. The maximum Gasteiger partial charge on any atom is 0.220 e. The summed E-state index contributed by atoms with van der Waals surface area (Å²) in [4.78, 5) is 12.5. The van der Waals surface area contributed by atoms with Gasteiger partial charge in [0.05, 0.1) is 18.8 Å². The zero-order valence-corrected chi connectivity index (χ0v) is 48.0. The minimum absolute atomic E-state index is 0.0617. The molecule has 0 aromatic heterocycles. The van der Waals surface area contributed by atoms with Crippen LogP contribution in [-0.2, 0) is 4.79 Å². The lowest BCUT2D eigenvalue weighted by Gasteiger charge is -2.20. The van der Waals surface area contributed by atoms with Gasteiger partial charge in [-0.2, -0.15) is 0 Å². The molecule has 416 valence electrons. The Morgan fingerprint density at radius 1 is 0.352 bits per heavy atom. The van der Waals surface area contributed by atoms with Gasteiger partial charge >= 0.3 is 0 Å². The number of aliphatic hydroxyl groups excluding tert-OH is 2. The topological polar surface area (TPSA) is 69.6 Å². The lowest BCUT2D eigenvalue weighted by atomic mass is 10.0. The number of allylic oxidation sites excluding steroid dienone is 9. The third kappa shape index (κ3) is 58.8. The van der Waals surface area contributed by atoms with Crippen LogP contribution in [0.15, 0.2) is 60.8 Å². The van der Waals surface area contributed by atoms with Crippen molar-refractivity contribution in [2.75, 3.05) is 6.61 Å².